The van der Waals surface area contributed by atoms with Crippen LogP contribution in [0.3, 0.4) is 0 Å². The summed E-state index contributed by atoms with van der Waals surface area (Å²) >= 11 is 0. The van der Waals surface area contributed by atoms with Crippen molar-refractivity contribution in [1.29, 1.82) is 5.26 Å². The molecule has 0 aliphatic heterocycles. The number of nitrogens with two attached hydrogens (primary N) is 1. The Morgan fingerprint density at radius 1 is 1.69 bits per heavy atom. The molecule has 13 heavy (non-hydrogen) atoms. The number of imidazole rings is 1. The Balaban J connectivity index is 2.56. The van der Waals surface area contributed by atoms with Crippen molar-refractivity contribution in [3.05, 3.63) is 17.7 Å². The van der Waals surface area contributed by atoms with E-state index in [1.165, 1.54) is 0 Å². The normalized spacial score (nSPS) is 12.5. The van der Waals surface area contributed by atoms with Crippen LogP contribution >= 0.6 is 0 Å². The minimum Gasteiger partial charge on any atom is -0.335 e. The molecule has 1 unspecified atom stereocenters. The second-order valence-corrected chi connectivity index (χ2v) is 3.13. The summed E-state index contributed by atoms with van der Waals surface area (Å²) in [5.74, 6) is 0. The van der Waals surface area contributed by atoms with Crippen LogP contribution in [0.5, 0.6) is 0 Å². The third-order valence-corrected chi connectivity index (χ3v) is 2.19. The molecule has 1 heterocycles. The third-order valence-electron chi connectivity index (χ3n) is 2.19. The van der Waals surface area contributed by atoms with Crippen molar-refractivity contribution in [3.63, 3.8) is 0 Å². The molecule has 0 aliphatic rings. The highest BCUT2D eigenvalue weighted by Crippen LogP contribution is 2.05. The fraction of sp³-hybridized carbons (Fsp3) is 0.556. The fourth-order valence-electron chi connectivity index (χ4n) is 1.11. The molecule has 0 bridgehead atoms. The summed E-state index contributed by atoms with van der Waals surface area (Å²) < 4.78 is 2.02. The molecular formula is C9H14N4. The molecule has 0 saturated heterocycles. The number of rotatable bonds is 3. The largest absolute Gasteiger partial charge is 0.335 e. The highest BCUT2D eigenvalue weighted by molar-refractivity contribution is 5.08. The predicted octanol–water partition coefficient (Wildman–Crippen LogP) is 0.741. The molecule has 0 aromatic carbocycles. The van der Waals surface area contributed by atoms with E-state index in [2.05, 4.69) is 4.98 Å². The summed E-state index contributed by atoms with van der Waals surface area (Å²) in [6.07, 6.45) is 2.46. The fourth-order valence-corrected chi connectivity index (χ4v) is 1.11. The first-order valence-electron chi connectivity index (χ1n) is 4.28. The first kappa shape index (κ1) is 9.75. The van der Waals surface area contributed by atoms with Gasteiger partial charge in [-0.05, 0) is 20.3 Å². The number of nitrogens with zero attached hydrogens (tertiary/aromatic N) is 3. The van der Waals surface area contributed by atoms with E-state index in [0.29, 0.717) is 6.42 Å². The van der Waals surface area contributed by atoms with E-state index in [4.69, 9.17) is 11.0 Å². The quantitative estimate of drug-likeness (QED) is 0.742. The highest BCUT2D eigenvalue weighted by atomic mass is 15.0. The van der Waals surface area contributed by atoms with Crippen LogP contribution in [0.2, 0.25) is 0 Å². The highest BCUT2D eigenvalue weighted by Gasteiger charge is 2.04. The molecule has 0 aliphatic carbocycles. The van der Waals surface area contributed by atoms with Crippen molar-refractivity contribution < 1.29 is 0 Å². The molecule has 0 spiro atoms. The third kappa shape index (κ3) is 2.30. The number of hydrogen-bond donors (Lipinski definition) is 1. The van der Waals surface area contributed by atoms with E-state index < -0.39 is 0 Å². The first-order valence-corrected chi connectivity index (χ1v) is 4.28. The molecule has 0 saturated carbocycles. The van der Waals surface area contributed by atoms with Crippen molar-refractivity contribution in [2.24, 2.45) is 5.73 Å². The molecule has 1 atom stereocenters. The lowest BCUT2D eigenvalue weighted by atomic mass is 10.2. The monoisotopic (exact) mass is 178 g/mol. The Morgan fingerprint density at radius 3 is 2.85 bits per heavy atom. The van der Waals surface area contributed by atoms with Gasteiger partial charge in [-0.3, -0.25) is 0 Å². The molecule has 2 N–H and O–H groups in total. The predicted molar refractivity (Wildman–Crippen MR) is 49.9 cm³/mol. The van der Waals surface area contributed by atoms with Crippen LogP contribution in [0.1, 0.15) is 17.8 Å². The van der Waals surface area contributed by atoms with Crippen molar-refractivity contribution in [2.75, 3.05) is 0 Å². The Labute approximate surface area is 78.0 Å². The topological polar surface area (TPSA) is 67.6 Å². The lowest BCUT2D eigenvalue weighted by molar-refractivity contribution is 0.594. The number of nitriles is 1. The zero-order chi connectivity index (χ0) is 9.84. The van der Waals surface area contributed by atoms with Gasteiger partial charge in [0.25, 0.3) is 0 Å². The van der Waals surface area contributed by atoms with Gasteiger partial charge in [0.2, 0.25) is 0 Å². The maximum absolute atomic E-state index is 8.49. The number of aryl methyl sites for hydroxylation is 2. The molecule has 0 radical (unpaired) electrons. The summed E-state index contributed by atoms with van der Waals surface area (Å²) in [5, 5.41) is 8.49. The molecule has 4 nitrogen and oxygen atoms in total. The van der Waals surface area contributed by atoms with Gasteiger partial charge in [-0.15, -0.1) is 0 Å². The van der Waals surface area contributed by atoms with Gasteiger partial charge >= 0.3 is 0 Å². The molecule has 0 amide bonds. The van der Waals surface area contributed by atoms with E-state index in [-0.39, 0.29) is 6.04 Å². The molecule has 1 aromatic rings. The average Bonchev–Trinajstić information content (AvgIpc) is 2.44. The van der Waals surface area contributed by atoms with Gasteiger partial charge in [0, 0.05) is 12.2 Å². The maximum Gasteiger partial charge on any atom is 0.0951 e. The van der Waals surface area contributed by atoms with E-state index in [9.17, 15) is 0 Å². The van der Waals surface area contributed by atoms with Gasteiger partial charge in [-0.1, -0.05) is 0 Å². The zero-order valence-electron chi connectivity index (χ0n) is 7.99. The average molecular weight is 178 g/mol. The maximum atomic E-state index is 8.49. The van der Waals surface area contributed by atoms with Gasteiger partial charge in [0.1, 0.15) is 0 Å². The lowest BCUT2D eigenvalue weighted by Gasteiger charge is -2.05. The molecule has 4 heteroatoms. The Morgan fingerprint density at radius 2 is 2.38 bits per heavy atom. The number of aromatic nitrogens is 2. The van der Waals surface area contributed by atoms with Crippen molar-refractivity contribution in [2.45, 2.75) is 32.9 Å². The van der Waals surface area contributed by atoms with Crippen LogP contribution in [-0.2, 0) is 6.54 Å². The van der Waals surface area contributed by atoms with Crippen LogP contribution in [0.15, 0.2) is 6.33 Å². The molecule has 1 aromatic heterocycles. The van der Waals surface area contributed by atoms with Crippen LogP contribution < -0.4 is 5.73 Å². The minimum absolute atomic E-state index is 0.373. The summed E-state index contributed by atoms with van der Waals surface area (Å²) in [6.45, 7) is 4.75. The van der Waals surface area contributed by atoms with Crippen LogP contribution in [0, 0.1) is 25.2 Å². The van der Waals surface area contributed by atoms with Gasteiger partial charge in [-0.2, -0.15) is 5.26 Å². The summed E-state index contributed by atoms with van der Waals surface area (Å²) in [7, 11) is 0. The van der Waals surface area contributed by atoms with Crippen LogP contribution in [0.4, 0.5) is 0 Å². The van der Waals surface area contributed by atoms with E-state index in [0.717, 1.165) is 17.9 Å². The SMILES string of the molecule is Cc1ncn(CCC(N)C#N)c1C. The van der Waals surface area contributed by atoms with Crippen LogP contribution in [0.25, 0.3) is 0 Å². The molecule has 1 rings (SSSR count). The number of hydrogen-bond acceptors (Lipinski definition) is 3. The van der Waals surface area contributed by atoms with Gasteiger partial charge in [-0.25, -0.2) is 4.98 Å². The second kappa shape index (κ2) is 4.06. The van der Waals surface area contributed by atoms with Gasteiger partial charge in [0.15, 0.2) is 0 Å². The van der Waals surface area contributed by atoms with Crippen molar-refractivity contribution in [3.8, 4) is 6.07 Å². The zero-order valence-corrected chi connectivity index (χ0v) is 7.99. The Hall–Kier alpha value is -1.34. The van der Waals surface area contributed by atoms with Crippen molar-refractivity contribution in [1.82, 2.24) is 9.55 Å². The molecular weight excluding hydrogens is 164 g/mol. The first-order chi connectivity index (χ1) is 6.15. The van der Waals surface area contributed by atoms with Crippen LogP contribution in [-0.4, -0.2) is 15.6 Å². The van der Waals surface area contributed by atoms with E-state index in [1.54, 1.807) is 6.33 Å². The standard InChI is InChI=1S/C9H14N4/c1-7-8(2)13(6-12-7)4-3-9(11)5-10/h6,9H,3-4,11H2,1-2H3. The van der Waals surface area contributed by atoms with Gasteiger partial charge < -0.3 is 10.3 Å². The molecule has 0 fully saturated rings. The summed E-state index contributed by atoms with van der Waals surface area (Å²) in [4.78, 5) is 4.16. The summed E-state index contributed by atoms with van der Waals surface area (Å²) in [6, 6.07) is 1.63. The van der Waals surface area contributed by atoms with E-state index >= 15 is 0 Å². The second-order valence-electron chi connectivity index (χ2n) is 3.13. The molecule has 70 valence electrons. The Bertz CT molecular complexity index is 321. The van der Waals surface area contributed by atoms with Gasteiger partial charge in [0.05, 0.1) is 24.1 Å². The van der Waals surface area contributed by atoms with Crippen molar-refractivity contribution >= 4 is 0 Å². The minimum atomic E-state index is -0.373. The smallest absolute Gasteiger partial charge is 0.0951 e. The summed E-state index contributed by atoms with van der Waals surface area (Å²) in [5.41, 5.74) is 7.66. The lowest BCUT2D eigenvalue weighted by Crippen LogP contribution is -2.19. The Kier molecular flexibility index (Phi) is 3.04. The van der Waals surface area contributed by atoms with E-state index in [1.807, 2.05) is 24.5 Å².